The first-order valence-electron chi connectivity index (χ1n) is 10.9. The fourth-order valence-electron chi connectivity index (χ4n) is 4.45. The summed E-state index contributed by atoms with van der Waals surface area (Å²) in [7, 11) is 0. The third-order valence-electron chi connectivity index (χ3n) is 6.10. The lowest BCUT2D eigenvalue weighted by Crippen LogP contribution is -2.33. The number of likely N-dealkylation sites (tertiary alicyclic amines) is 1. The van der Waals surface area contributed by atoms with Crippen LogP contribution in [0.5, 0.6) is 0 Å². The number of carbonyl (C=O) groups is 4. The van der Waals surface area contributed by atoms with Crippen molar-refractivity contribution >= 4 is 29.4 Å². The predicted molar refractivity (Wildman–Crippen MR) is 112 cm³/mol. The molecule has 1 aromatic rings. The Morgan fingerprint density at radius 1 is 1.03 bits per heavy atom. The fraction of sp³-hybridized carbons (Fsp3) is 0.565. The van der Waals surface area contributed by atoms with Crippen molar-refractivity contribution in [2.24, 2.45) is 11.8 Å². The molecule has 3 amide bonds. The maximum atomic E-state index is 12.4. The molecular weight excluding hydrogens is 384 g/mol. The highest BCUT2D eigenvalue weighted by atomic mass is 16.5. The van der Waals surface area contributed by atoms with E-state index in [2.05, 4.69) is 5.32 Å². The summed E-state index contributed by atoms with van der Waals surface area (Å²) in [6.07, 6.45) is 4.88. The molecule has 1 aliphatic heterocycles. The number of nitrogens with one attached hydrogen (secondary N) is 1. The van der Waals surface area contributed by atoms with Gasteiger partial charge in [-0.05, 0) is 36.8 Å². The summed E-state index contributed by atoms with van der Waals surface area (Å²) < 4.78 is 5.07. The number of rotatable bonds is 8. The number of anilines is 1. The molecule has 1 saturated carbocycles. The van der Waals surface area contributed by atoms with Crippen LogP contribution < -0.4 is 5.32 Å². The predicted octanol–water partition coefficient (Wildman–Crippen LogP) is 2.86. The van der Waals surface area contributed by atoms with Crippen LogP contribution in [-0.2, 0) is 36.8 Å². The highest BCUT2D eigenvalue weighted by Crippen LogP contribution is 2.38. The van der Waals surface area contributed by atoms with Gasteiger partial charge in [-0.2, -0.15) is 0 Å². The van der Waals surface area contributed by atoms with Gasteiger partial charge in [0.25, 0.3) is 5.91 Å². The Balaban J connectivity index is 1.48. The Bertz CT molecular complexity index is 789. The van der Waals surface area contributed by atoms with Crippen molar-refractivity contribution in [3.63, 3.8) is 0 Å². The standard InChI is InChI=1S/C23H30N2O5/c1-3-15-8-7-9-16(4-2)21(15)24-19(26)14-30-20(27)12-13-25-22(28)17-10-5-6-11-18(17)23(25)29/h7-9,17-18H,3-6,10-14H2,1-2H3,(H,24,26)/t17-,18-/m0/s1. The number of para-hydroxylation sites is 1. The van der Waals surface area contributed by atoms with E-state index in [0.29, 0.717) is 0 Å². The smallest absolute Gasteiger partial charge is 0.308 e. The number of amides is 3. The van der Waals surface area contributed by atoms with E-state index < -0.39 is 18.5 Å². The number of hydrogen-bond acceptors (Lipinski definition) is 5. The first kappa shape index (κ1) is 22.0. The lowest BCUT2D eigenvalue weighted by Gasteiger charge is -2.19. The van der Waals surface area contributed by atoms with Crippen molar-refractivity contribution in [2.75, 3.05) is 18.5 Å². The Morgan fingerprint density at radius 3 is 2.13 bits per heavy atom. The maximum Gasteiger partial charge on any atom is 0.308 e. The molecule has 2 fully saturated rings. The van der Waals surface area contributed by atoms with Gasteiger partial charge in [0, 0.05) is 12.2 Å². The summed E-state index contributed by atoms with van der Waals surface area (Å²) >= 11 is 0. The SMILES string of the molecule is CCc1cccc(CC)c1NC(=O)COC(=O)CCN1C(=O)[C@H]2CCCC[C@@H]2C1=O. The van der Waals surface area contributed by atoms with Gasteiger partial charge in [-0.25, -0.2) is 0 Å². The van der Waals surface area contributed by atoms with Crippen LogP contribution in [0.4, 0.5) is 5.69 Å². The van der Waals surface area contributed by atoms with E-state index in [1.165, 1.54) is 4.90 Å². The molecule has 30 heavy (non-hydrogen) atoms. The van der Waals surface area contributed by atoms with E-state index in [-0.39, 0.29) is 36.6 Å². The van der Waals surface area contributed by atoms with Gasteiger partial charge in [-0.15, -0.1) is 0 Å². The van der Waals surface area contributed by atoms with Crippen molar-refractivity contribution in [3.05, 3.63) is 29.3 Å². The monoisotopic (exact) mass is 414 g/mol. The number of ether oxygens (including phenoxy) is 1. The van der Waals surface area contributed by atoms with Gasteiger partial charge in [-0.1, -0.05) is 44.9 Å². The van der Waals surface area contributed by atoms with E-state index in [9.17, 15) is 19.2 Å². The van der Waals surface area contributed by atoms with Crippen LogP contribution >= 0.6 is 0 Å². The van der Waals surface area contributed by atoms with Crippen LogP contribution in [0.15, 0.2) is 18.2 Å². The average molecular weight is 415 g/mol. The van der Waals surface area contributed by atoms with E-state index in [4.69, 9.17) is 4.74 Å². The lowest BCUT2D eigenvalue weighted by molar-refractivity contribution is -0.148. The Hall–Kier alpha value is -2.70. The molecule has 0 unspecified atom stereocenters. The van der Waals surface area contributed by atoms with Gasteiger partial charge in [0.1, 0.15) is 0 Å². The molecule has 7 heteroatoms. The third-order valence-corrected chi connectivity index (χ3v) is 6.10. The molecule has 2 aliphatic rings. The second-order valence-electron chi connectivity index (χ2n) is 7.94. The molecule has 2 atom stereocenters. The largest absolute Gasteiger partial charge is 0.456 e. The molecule has 1 saturated heterocycles. The molecule has 162 valence electrons. The Kier molecular flexibility index (Phi) is 7.24. The molecule has 1 heterocycles. The van der Waals surface area contributed by atoms with E-state index in [1.54, 1.807) is 0 Å². The summed E-state index contributed by atoms with van der Waals surface area (Å²) in [5.41, 5.74) is 2.84. The highest BCUT2D eigenvalue weighted by Gasteiger charge is 2.47. The number of aryl methyl sites for hydroxylation is 2. The minimum Gasteiger partial charge on any atom is -0.456 e. The van der Waals surface area contributed by atoms with E-state index in [1.807, 2.05) is 32.0 Å². The molecule has 0 aromatic heterocycles. The van der Waals surface area contributed by atoms with Crippen LogP contribution in [0, 0.1) is 11.8 Å². The maximum absolute atomic E-state index is 12.4. The molecule has 1 aromatic carbocycles. The summed E-state index contributed by atoms with van der Waals surface area (Å²) in [5.74, 6) is -1.78. The quantitative estimate of drug-likeness (QED) is 0.522. The van der Waals surface area contributed by atoms with Crippen molar-refractivity contribution in [3.8, 4) is 0 Å². The minimum atomic E-state index is -0.597. The molecule has 0 spiro atoms. The van der Waals surface area contributed by atoms with Gasteiger partial charge in [-0.3, -0.25) is 24.1 Å². The number of esters is 1. The first-order chi connectivity index (χ1) is 14.5. The highest BCUT2D eigenvalue weighted by molar-refractivity contribution is 6.05. The first-order valence-corrected chi connectivity index (χ1v) is 10.9. The number of hydrogen-bond donors (Lipinski definition) is 1. The summed E-state index contributed by atoms with van der Waals surface area (Å²) in [6.45, 7) is 3.65. The molecular formula is C23H30N2O5. The van der Waals surface area contributed by atoms with Gasteiger partial charge in [0.15, 0.2) is 6.61 Å². The number of benzene rings is 1. The zero-order chi connectivity index (χ0) is 21.7. The van der Waals surface area contributed by atoms with Crippen LogP contribution in [0.1, 0.15) is 57.1 Å². The number of carbonyl (C=O) groups excluding carboxylic acids is 4. The van der Waals surface area contributed by atoms with Crippen molar-refractivity contribution in [1.82, 2.24) is 4.90 Å². The normalized spacial score (nSPS) is 20.8. The zero-order valence-corrected chi connectivity index (χ0v) is 17.7. The lowest BCUT2D eigenvalue weighted by atomic mass is 9.81. The van der Waals surface area contributed by atoms with Crippen LogP contribution in [0.25, 0.3) is 0 Å². The molecule has 0 radical (unpaired) electrons. The second-order valence-corrected chi connectivity index (χ2v) is 7.94. The topological polar surface area (TPSA) is 92.8 Å². The summed E-state index contributed by atoms with van der Waals surface area (Å²) in [6, 6.07) is 5.88. The number of nitrogens with zero attached hydrogens (tertiary/aromatic N) is 1. The summed E-state index contributed by atoms with van der Waals surface area (Å²) in [4.78, 5) is 50.4. The van der Waals surface area contributed by atoms with Crippen LogP contribution in [-0.4, -0.2) is 41.7 Å². The number of imide groups is 1. The molecule has 0 bridgehead atoms. The Labute approximate surface area is 177 Å². The van der Waals surface area contributed by atoms with Crippen molar-refractivity contribution in [1.29, 1.82) is 0 Å². The average Bonchev–Trinajstić information content (AvgIpc) is 3.01. The number of fused-ring (bicyclic) bond motifs is 1. The van der Waals surface area contributed by atoms with Gasteiger partial charge in [0.2, 0.25) is 11.8 Å². The van der Waals surface area contributed by atoms with Gasteiger partial charge >= 0.3 is 5.97 Å². The molecule has 3 rings (SSSR count). The molecule has 1 aliphatic carbocycles. The van der Waals surface area contributed by atoms with Crippen LogP contribution in [0.2, 0.25) is 0 Å². The summed E-state index contributed by atoms with van der Waals surface area (Å²) in [5, 5.41) is 2.85. The third kappa shape index (κ3) is 4.71. The van der Waals surface area contributed by atoms with Gasteiger partial charge < -0.3 is 10.1 Å². The zero-order valence-electron chi connectivity index (χ0n) is 17.7. The van der Waals surface area contributed by atoms with Crippen molar-refractivity contribution in [2.45, 2.75) is 58.8 Å². The minimum absolute atomic E-state index is 0.0176. The fourth-order valence-corrected chi connectivity index (χ4v) is 4.45. The van der Waals surface area contributed by atoms with E-state index >= 15 is 0 Å². The second kappa shape index (κ2) is 9.87. The molecule has 7 nitrogen and oxygen atoms in total. The van der Waals surface area contributed by atoms with Gasteiger partial charge in [0.05, 0.1) is 18.3 Å². The molecule has 1 N–H and O–H groups in total. The van der Waals surface area contributed by atoms with Crippen LogP contribution in [0.3, 0.4) is 0 Å². The van der Waals surface area contributed by atoms with Crippen molar-refractivity contribution < 1.29 is 23.9 Å². The van der Waals surface area contributed by atoms with E-state index in [0.717, 1.165) is 55.3 Å². The Morgan fingerprint density at radius 2 is 1.60 bits per heavy atom.